The Morgan fingerprint density at radius 2 is 2.08 bits per heavy atom. The van der Waals surface area contributed by atoms with Crippen LogP contribution in [-0.4, -0.2) is 24.2 Å². The van der Waals surface area contributed by atoms with Crippen molar-refractivity contribution in [2.45, 2.75) is 23.8 Å². The summed E-state index contributed by atoms with van der Waals surface area (Å²) in [6, 6.07) is 11.0. The smallest absolute Gasteiger partial charge is 0.252 e. The Labute approximate surface area is 155 Å². The van der Waals surface area contributed by atoms with Gasteiger partial charge in [-0.15, -0.1) is 11.8 Å². The van der Waals surface area contributed by atoms with Gasteiger partial charge in [0.2, 0.25) is 5.91 Å². The van der Waals surface area contributed by atoms with Gasteiger partial charge in [0.1, 0.15) is 11.6 Å². The first-order valence-corrected chi connectivity index (χ1v) is 9.26. The van der Waals surface area contributed by atoms with Crippen molar-refractivity contribution in [2.75, 3.05) is 12.4 Å². The highest BCUT2D eigenvalue weighted by Crippen LogP contribution is 2.32. The van der Waals surface area contributed by atoms with Gasteiger partial charge in [-0.3, -0.25) is 9.59 Å². The number of rotatable bonds is 5. The standard InChI is InChI=1S/C19H19FN2O3S/c20-12-7-8-16-14(10-12)15(5-3-9-25-16)22-19(24)13-4-1-2-6-17(13)26-11-18(21)23/h1-2,4,6-8,10,15H,3,5,9,11H2,(H2,21,23)(H,22,24)/t15-/m0/s1. The molecule has 1 heterocycles. The van der Waals surface area contributed by atoms with Crippen LogP contribution < -0.4 is 15.8 Å². The number of fused-ring (bicyclic) bond motifs is 1. The average molecular weight is 374 g/mol. The Hall–Kier alpha value is -2.54. The van der Waals surface area contributed by atoms with E-state index in [0.717, 1.165) is 6.42 Å². The molecule has 0 unspecified atom stereocenters. The fraction of sp³-hybridized carbons (Fsp3) is 0.263. The zero-order valence-electron chi connectivity index (χ0n) is 14.0. The average Bonchev–Trinajstić information content (AvgIpc) is 2.82. The molecule has 0 aromatic heterocycles. The molecule has 0 radical (unpaired) electrons. The minimum atomic E-state index is -0.449. The number of hydrogen-bond donors (Lipinski definition) is 2. The van der Waals surface area contributed by atoms with Crippen LogP contribution in [0.4, 0.5) is 4.39 Å². The predicted octanol–water partition coefficient (Wildman–Crippen LogP) is 3.05. The number of carbonyl (C=O) groups is 2. The highest BCUT2D eigenvalue weighted by molar-refractivity contribution is 8.00. The van der Waals surface area contributed by atoms with E-state index in [0.29, 0.717) is 34.8 Å². The summed E-state index contributed by atoms with van der Waals surface area (Å²) >= 11 is 1.22. The number of primary amides is 1. The van der Waals surface area contributed by atoms with E-state index >= 15 is 0 Å². The van der Waals surface area contributed by atoms with Gasteiger partial charge >= 0.3 is 0 Å². The molecular weight excluding hydrogens is 355 g/mol. The van der Waals surface area contributed by atoms with Crippen LogP contribution in [0.5, 0.6) is 5.75 Å². The Balaban J connectivity index is 1.82. The van der Waals surface area contributed by atoms with Gasteiger partial charge in [-0.2, -0.15) is 0 Å². The Kier molecular flexibility index (Phi) is 5.78. The van der Waals surface area contributed by atoms with Gasteiger partial charge < -0.3 is 15.8 Å². The first kappa shape index (κ1) is 18.3. The third-order valence-corrected chi connectivity index (χ3v) is 5.14. The zero-order valence-corrected chi connectivity index (χ0v) is 14.9. The molecule has 1 aliphatic rings. The van der Waals surface area contributed by atoms with Crippen molar-refractivity contribution in [3.8, 4) is 5.75 Å². The Morgan fingerprint density at radius 1 is 1.27 bits per heavy atom. The molecule has 2 aromatic rings. The topological polar surface area (TPSA) is 81.4 Å². The number of thioether (sulfide) groups is 1. The Bertz CT molecular complexity index is 828. The van der Waals surface area contributed by atoms with E-state index in [-0.39, 0.29) is 23.5 Å². The van der Waals surface area contributed by atoms with Crippen LogP contribution in [0.15, 0.2) is 47.4 Å². The van der Waals surface area contributed by atoms with Gasteiger partial charge in [-0.1, -0.05) is 12.1 Å². The number of nitrogens with one attached hydrogen (secondary N) is 1. The molecule has 3 N–H and O–H groups in total. The highest BCUT2D eigenvalue weighted by atomic mass is 32.2. The fourth-order valence-electron chi connectivity index (χ4n) is 2.86. The van der Waals surface area contributed by atoms with Crippen LogP contribution in [0.3, 0.4) is 0 Å². The summed E-state index contributed by atoms with van der Waals surface area (Å²) in [7, 11) is 0. The molecule has 1 atom stereocenters. The quantitative estimate of drug-likeness (QED) is 0.788. The summed E-state index contributed by atoms with van der Waals surface area (Å²) < 4.78 is 19.3. The molecular formula is C19H19FN2O3S. The van der Waals surface area contributed by atoms with Crippen molar-refractivity contribution < 1.29 is 18.7 Å². The summed E-state index contributed by atoms with van der Waals surface area (Å²) in [5, 5.41) is 2.97. The van der Waals surface area contributed by atoms with Gasteiger partial charge in [0, 0.05) is 10.5 Å². The van der Waals surface area contributed by atoms with Crippen LogP contribution in [0.25, 0.3) is 0 Å². The minimum Gasteiger partial charge on any atom is -0.493 e. The number of ether oxygens (including phenoxy) is 1. The van der Waals surface area contributed by atoms with Gasteiger partial charge in [0.05, 0.1) is 24.0 Å². The zero-order chi connectivity index (χ0) is 18.5. The van der Waals surface area contributed by atoms with Crippen molar-refractivity contribution in [3.05, 3.63) is 59.4 Å². The molecule has 0 spiro atoms. The van der Waals surface area contributed by atoms with Crippen LogP contribution in [0.1, 0.15) is 34.8 Å². The van der Waals surface area contributed by atoms with Gasteiger partial charge in [0.15, 0.2) is 0 Å². The molecule has 7 heteroatoms. The summed E-state index contributed by atoms with van der Waals surface area (Å²) in [6.07, 6.45) is 1.40. The summed E-state index contributed by atoms with van der Waals surface area (Å²) in [5.41, 5.74) is 6.29. The molecule has 2 aromatic carbocycles. The number of amides is 2. The van der Waals surface area contributed by atoms with Crippen LogP contribution >= 0.6 is 11.8 Å². The second-order valence-corrected chi connectivity index (χ2v) is 6.97. The van der Waals surface area contributed by atoms with E-state index in [1.165, 1.54) is 23.9 Å². The largest absolute Gasteiger partial charge is 0.493 e. The third-order valence-electron chi connectivity index (χ3n) is 4.05. The second-order valence-electron chi connectivity index (χ2n) is 5.95. The van der Waals surface area contributed by atoms with Crippen LogP contribution in [0, 0.1) is 5.82 Å². The lowest BCUT2D eigenvalue weighted by atomic mass is 10.0. The monoisotopic (exact) mass is 374 g/mol. The summed E-state index contributed by atoms with van der Waals surface area (Å²) in [4.78, 5) is 24.5. The maximum Gasteiger partial charge on any atom is 0.252 e. The lowest BCUT2D eigenvalue weighted by Gasteiger charge is -2.19. The molecule has 3 rings (SSSR count). The van der Waals surface area contributed by atoms with Gasteiger partial charge in [-0.05, 0) is 43.2 Å². The predicted molar refractivity (Wildman–Crippen MR) is 97.7 cm³/mol. The molecule has 26 heavy (non-hydrogen) atoms. The SMILES string of the molecule is NC(=O)CSc1ccccc1C(=O)N[C@H]1CCCOc2ccc(F)cc21. The molecule has 2 amide bonds. The van der Waals surface area contributed by atoms with E-state index in [9.17, 15) is 14.0 Å². The van der Waals surface area contributed by atoms with Crippen LogP contribution in [-0.2, 0) is 4.79 Å². The number of hydrogen-bond acceptors (Lipinski definition) is 4. The van der Waals surface area contributed by atoms with Crippen molar-refractivity contribution in [2.24, 2.45) is 5.73 Å². The fourth-order valence-corrected chi connectivity index (χ4v) is 3.65. The molecule has 0 fully saturated rings. The van der Waals surface area contributed by atoms with Crippen molar-refractivity contribution in [1.29, 1.82) is 0 Å². The van der Waals surface area contributed by atoms with E-state index in [1.54, 1.807) is 30.3 Å². The van der Waals surface area contributed by atoms with E-state index < -0.39 is 5.91 Å². The summed E-state index contributed by atoms with van der Waals surface area (Å²) in [6.45, 7) is 0.524. The molecule has 136 valence electrons. The maximum atomic E-state index is 13.7. The second kappa shape index (κ2) is 8.23. The first-order chi connectivity index (χ1) is 12.5. The number of halogens is 1. The molecule has 5 nitrogen and oxygen atoms in total. The number of benzene rings is 2. The third kappa shape index (κ3) is 4.35. The first-order valence-electron chi connectivity index (χ1n) is 8.28. The van der Waals surface area contributed by atoms with Crippen molar-refractivity contribution in [1.82, 2.24) is 5.32 Å². The molecule has 0 aliphatic carbocycles. The highest BCUT2D eigenvalue weighted by Gasteiger charge is 2.23. The normalized spacial score (nSPS) is 16.1. The van der Waals surface area contributed by atoms with Gasteiger partial charge in [-0.25, -0.2) is 4.39 Å². The summed E-state index contributed by atoms with van der Waals surface area (Å²) in [5.74, 6) is -0.415. The van der Waals surface area contributed by atoms with E-state index in [4.69, 9.17) is 10.5 Å². The van der Waals surface area contributed by atoms with Crippen molar-refractivity contribution >= 4 is 23.6 Å². The molecule has 0 saturated heterocycles. The maximum absolute atomic E-state index is 13.7. The Morgan fingerprint density at radius 3 is 2.88 bits per heavy atom. The van der Waals surface area contributed by atoms with E-state index in [1.807, 2.05) is 0 Å². The van der Waals surface area contributed by atoms with E-state index in [2.05, 4.69) is 5.32 Å². The molecule has 1 aliphatic heterocycles. The minimum absolute atomic E-state index is 0.0929. The number of nitrogens with two attached hydrogens (primary N) is 1. The number of carbonyl (C=O) groups excluding carboxylic acids is 2. The van der Waals surface area contributed by atoms with Gasteiger partial charge in [0.25, 0.3) is 5.91 Å². The molecule has 0 saturated carbocycles. The lowest BCUT2D eigenvalue weighted by molar-refractivity contribution is -0.115. The van der Waals surface area contributed by atoms with Crippen molar-refractivity contribution in [3.63, 3.8) is 0 Å². The molecule has 0 bridgehead atoms. The van der Waals surface area contributed by atoms with Crippen LogP contribution in [0.2, 0.25) is 0 Å². The lowest BCUT2D eigenvalue weighted by Crippen LogP contribution is -2.29.